The lowest BCUT2D eigenvalue weighted by atomic mass is 10.0. The number of benzene rings is 1. The highest BCUT2D eigenvalue weighted by Gasteiger charge is 2.18. The van der Waals surface area contributed by atoms with Crippen LogP contribution in [0.25, 0.3) is 0 Å². The Balaban J connectivity index is 1.96. The van der Waals surface area contributed by atoms with Crippen LogP contribution in [0.2, 0.25) is 0 Å². The Morgan fingerprint density at radius 3 is 2.44 bits per heavy atom. The van der Waals surface area contributed by atoms with Gasteiger partial charge in [-0.2, -0.15) is 11.8 Å². The van der Waals surface area contributed by atoms with Crippen molar-refractivity contribution in [2.45, 2.75) is 17.7 Å². The van der Waals surface area contributed by atoms with Gasteiger partial charge in [-0.15, -0.1) is 0 Å². The molecule has 0 amide bonds. The Kier molecular flexibility index (Phi) is 4.53. The predicted octanol–water partition coefficient (Wildman–Crippen LogP) is 1.81. The zero-order chi connectivity index (χ0) is 13.0. The van der Waals surface area contributed by atoms with Gasteiger partial charge in [0.25, 0.3) is 0 Å². The normalized spacial score (nSPS) is 17.8. The number of aromatic hydroxyl groups is 1. The van der Waals surface area contributed by atoms with Gasteiger partial charge in [0, 0.05) is 6.54 Å². The fraction of sp³-hybridized carbons (Fsp3) is 0.500. The van der Waals surface area contributed by atoms with Crippen molar-refractivity contribution in [2.24, 2.45) is 5.92 Å². The zero-order valence-corrected chi connectivity index (χ0v) is 11.6. The molecule has 1 aliphatic rings. The molecule has 0 aromatic heterocycles. The van der Waals surface area contributed by atoms with E-state index in [1.165, 1.54) is 24.3 Å². The quantitative estimate of drug-likeness (QED) is 0.886. The SMILES string of the molecule is O=S(=O)(NCC1CCSCC1)c1ccc(O)cc1. The van der Waals surface area contributed by atoms with Gasteiger partial charge in [0.1, 0.15) is 5.75 Å². The molecule has 2 N–H and O–H groups in total. The van der Waals surface area contributed by atoms with E-state index < -0.39 is 10.0 Å². The molecule has 100 valence electrons. The van der Waals surface area contributed by atoms with Gasteiger partial charge in [0.15, 0.2) is 0 Å². The van der Waals surface area contributed by atoms with Gasteiger partial charge < -0.3 is 5.11 Å². The topological polar surface area (TPSA) is 66.4 Å². The highest BCUT2D eigenvalue weighted by atomic mass is 32.2. The average molecular weight is 287 g/mol. The lowest BCUT2D eigenvalue weighted by molar-refractivity contribution is 0.473. The molecular formula is C12H17NO3S2. The molecule has 1 heterocycles. The molecule has 0 aliphatic carbocycles. The summed E-state index contributed by atoms with van der Waals surface area (Å²) < 4.78 is 26.6. The van der Waals surface area contributed by atoms with E-state index in [4.69, 9.17) is 5.11 Å². The summed E-state index contributed by atoms with van der Waals surface area (Å²) in [7, 11) is -3.44. The van der Waals surface area contributed by atoms with E-state index >= 15 is 0 Å². The lowest BCUT2D eigenvalue weighted by Crippen LogP contribution is -2.31. The second-order valence-electron chi connectivity index (χ2n) is 4.40. The fourth-order valence-corrected chi connectivity index (χ4v) is 4.21. The van der Waals surface area contributed by atoms with Gasteiger partial charge in [-0.3, -0.25) is 0 Å². The van der Waals surface area contributed by atoms with Crippen molar-refractivity contribution in [1.29, 1.82) is 0 Å². The Labute approximate surface area is 112 Å². The van der Waals surface area contributed by atoms with E-state index in [1.807, 2.05) is 11.8 Å². The molecular weight excluding hydrogens is 270 g/mol. The minimum Gasteiger partial charge on any atom is -0.508 e. The molecule has 1 saturated heterocycles. The van der Waals surface area contributed by atoms with E-state index in [0.717, 1.165) is 24.3 Å². The van der Waals surface area contributed by atoms with Crippen molar-refractivity contribution in [3.8, 4) is 5.75 Å². The third kappa shape index (κ3) is 3.63. The standard InChI is InChI=1S/C12H17NO3S2/c14-11-1-3-12(4-2-11)18(15,16)13-9-10-5-7-17-8-6-10/h1-4,10,13-14H,5-9H2. The first-order valence-corrected chi connectivity index (χ1v) is 8.58. The Bertz CT molecular complexity index is 479. The summed E-state index contributed by atoms with van der Waals surface area (Å²) in [5.74, 6) is 2.74. The molecule has 18 heavy (non-hydrogen) atoms. The van der Waals surface area contributed by atoms with Gasteiger partial charge in [-0.25, -0.2) is 13.1 Å². The molecule has 0 atom stereocenters. The molecule has 2 rings (SSSR count). The fourth-order valence-electron chi connectivity index (χ4n) is 1.89. The minimum absolute atomic E-state index is 0.0678. The van der Waals surface area contributed by atoms with Gasteiger partial charge in [-0.05, 0) is 54.5 Å². The van der Waals surface area contributed by atoms with Crippen LogP contribution in [-0.2, 0) is 10.0 Å². The van der Waals surface area contributed by atoms with Crippen LogP contribution in [-0.4, -0.2) is 31.6 Å². The molecule has 0 radical (unpaired) electrons. The van der Waals surface area contributed by atoms with Crippen LogP contribution in [0.5, 0.6) is 5.75 Å². The van der Waals surface area contributed by atoms with Crippen LogP contribution in [0.4, 0.5) is 0 Å². The smallest absolute Gasteiger partial charge is 0.240 e. The first-order chi connectivity index (χ1) is 8.58. The van der Waals surface area contributed by atoms with Crippen LogP contribution in [0.1, 0.15) is 12.8 Å². The Hall–Kier alpha value is -0.720. The summed E-state index contributed by atoms with van der Waals surface area (Å²) in [6, 6.07) is 5.58. The van der Waals surface area contributed by atoms with Gasteiger partial charge in [-0.1, -0.05) is 0 Å². The van der Waals surface area contributed by atoms with Crippen molar-refractivity contribution >= 4 is 21.8 Å². The van der Waals surface area contributed by atoms with Crippen LogP contribution < -0.4 is 4.72 Å². The van der Waals surface area contributed by atoms with E-state index in [-0.39, 0.29) is 10.6 Å². The van der Waals surface area contributed by atoms with Crippen molar-refractivity contribution < 1.29 is 13.5 Å². The van der Waals surface area contributed by atoms with Gasteiger partial charge >= 0.3 is 0 Å². The molecule has 6 heteroatoms. The molecule has 1 aromatic rings. The summed E-state index contributed by atoms with van der Waals surface area (Å²) in [4.78, 5) is 0.200. The molecule has 4 nitrogen and oxygen atoms in total. The molecule has 1 aliphatic heterocycles. The number of sulfonamides is 1. The summed E-state index contributed by atoms with van der Waals surface area (Å²) in [6.45, 7) is 0.504. The van der Waals surface area contributed by atoms with E-state index in [0.29, 0.717) is 12.5 Å². The van der Waals surface area contributed by atoms with Crippen LogP contribution >= 0.6 is 11.8 Å². The Morgan fingerprint density at radius 2 is 1.83 bits per heavy atom. The second kappa shape index (κ2) is 5.95. The number of hydrogen-bond donors (Lipinski definition) is 2. The van der Waals surface area contributed by atoms with Crippen LogP contribution in [0.3, 0.4) is 0 Å². The lowest BCUT2D eigenvalue weighted by Gasteiger charge is -2.21. The zero-order valence-electron chi connectivity index (χ0n) is 10.0. The molecule has 0 saturated carbocycles. The first-order valence-electron chi connectivity index (χ1n) is 5.94. The van der Waals surface area contributed by atoms with E-state index in [2.05, 4.69) is 4.72 Å². The third-order valence-electron chi connectivity index (χ3n) is 3.05. The summed E-state index contributed by atoms with van der Waals surface area (Å²) in [5.41, 5.74) is 0. The maximum atomic E-state index is 12.0. The van der Waals surface area contributed by atoms with Crippen molar-refractivity contribution in [1.82, 2.24) is 4.72 Å². The molecule has 0 unspecified atom stereocenters. The van der Waals surface area contributed by atoms with Gasteiger partial charge in [0.05, 0.1) is 4.90 Å². The van der Waals surface area contributed by atoms with Crippen molar-refractivity contribution in [3.05, 3.63) is 24.3 Å². The largest absolute Gasteiger partial charge is 0.508 e. The van der Waals surface area contributed by atoms with E-state index in [1.54, 1.807) is 0 Å². The molecule has 1 aromatic carbocycles. The van der Waals surface area contributed by atoms with Gasteiger partial charge in [0.2, 0.25) is 10.0 Å². The van der Waals surface area contributed by atoms with Crippen LogP contribution in [0.15, 0.2) is 29.2 Å². The van der Waals surface area contributed by atoms with Crippen molar-refractivity contribution in [2.75, 3.05) is 18.1 Å². The Morgan fingerprint density at radius 1 is 1.22 bits per heavy atom. The second-order valence-corrected chi connectivity index (χ2v) is 7.39. The summed E-state index contributed by atoms with van der Waals surface area (Å²) >= 11 is 1.92. The van der Waals surface area contributed by atoms with E-state index in [9.17, 15) is 8.42 Å². The first kappa shape index (κ1) is 13.7. The number of phenolic OH excluding ortho intramolecular Hbond substituents is 1. The maximum absolute atomic E-state index is 12.0. The number of hydrogen-bond acceptors (Lipinski definition) is 4. The number of nitrogens with one attached hydrogen (secondary N) is 1. The third-order valence-corrected chi connectivity index (χ3v) is 5.54. The predicted molar refractivity (Wildman–Crippen MR) is 73.3 cm³/mol. The molecule has 1 fully saturated rings. The summed E-state index contributed by atoms with van der Waals surface area (Å²) in [6.07, 6.45) is 2.14. The number of rotatable bonds is 4. The number of phenols is 1. The molecule has 0 bridgehead atoms. The number of thioether (sulfide) groups is 1. The average Bonchev–Trinajstić information content (AvgIpc) is 2.38. The molecule has 0 spiro atoms. The monoisotopic (exact) mass is 287 g/mol. The highest BCUT2D eigenvalue weighted by Crippen LogP contribution is 2.22. The summed E-state index contributed by atoms with van der Waals surface area (Å²) in [5, 5.41) is 9.14. The highest BCUT2D eigenvalue weighted by molar-refractivity contribution is 7.99. The minimum atomic E-state index is -3.44. The maximum Gasteiger partial charge on any atom is 0.240 e. The van der Waals surface area contributed by atoms with Crippen LogP contribution in [0, 0.1) is 5.92 Å². The van der Waals surface area contributed by atoms with Crippen molar-refractivity contribution in [3.63, 3.8) is 0 Å².